The average molecular weight is 453 g/mol. The minimum atomic E-state index is -0.945. The number of hydrogen-bond donors (Lipinski definition) is 0. The summed E-state index contributed by atoms with van der Waals surface area (Å²) in [5, 5.41) is 13.8. The maximum atomic E-state index is 13.2. The lowest BCUT2D eigenvalue weighted by Crippen LogP contribution is -2.39. The van der Waals surface area contributed by atoms with Crippen molar-refractivity contribution in [1.29, 1.82) is 0 Å². The zero-order valence-corrected chi connectivity index (χ0v) is 17.0. The fourth-order valence-electron chi connectivity index (χ4n) is 3.84. The first-order valence-electron chi connectivity index (χ1n) is 9.62. The van der Waals surface area contributed by atoms with Crippen molar-refractivity contribution >= 4 is 29.1 Å². The summed E-state index contributed by atoms with van der Waals surface area (Å²) >= 11 is 6.19. The molecule has 2 atom stereocenters. The Morgan fingerprint density at radius 1 is 1.06 bits per heavy atom. The molecule has 1 fully saturated rings. The van der Waals surface area contributed by atoms with Crippen LogP contribution in [0.5, 0.6) is 11.5 Å². The number of benzene rings is 2. The van der Waals surface area contributed by atoms with Crippen molar-refractivity contribution < 1.29 is 23.6 Å². The molecule has 2 amide bonds. The molecule has 1 saturated heterocycles. The summed E-state index contributed by atoms with van der Waals surface area (Å²) in [5.74, 6) is 0.633. The molecule has 0 spiro atoms. The summed E-state index contributed by atoms with van der Waals surface area (Å²) in [7, 11) is 0. The van der Waals surface area contributed by atoms with Crippen LogP contribution in [0.2, 0.25) is 5.02 Å². The van der Waals surface area contributed by atoms with Crippen LogP contribution in [0.4, 0.5) is 5.69 Å². The van der Waals surface area contributed by atoms with Crippen LogP contribution in [-0.4, -0.2) is 45.8 Å². The molecule has 2 aromatic carbocycles. The van der Waals surface area contributed by atoms with Gasteiger partial charge in [-0.05, 0) is 24.3 Å². The van der Waals surface area contributed by atoms with Gasteiger partial charge in [0.1, 0.15) is 6.54 Å². The van der Waals surface area contributed by atoms with Crippen LogP contribution in [-0.2, 0) is 16.1 Å². The van der Waals surface area contributed by atoms with Crippen LogP contribution >= 0.6 is 11.6 Å². The monoisotopic (exact) mass is 452 g/mol. The van der Waals surface area contributed by atoms with Gasteiger partial charge >= 0.3 is 0 Å². The lowest BCUT2D eigenvalue weighted by molar-refractivity contribution is -0.123. The standard InChI is InChI=1S/C20H13ClN6O5/c21-12-4-2-1-3-11(12)18-22-15(32-24-18)8-26-17-16(23-25-26)19(28)27(20(17)29)10-5-6-13-14(7-10)31-9-30-13/h1-7,16-17H,8-9H2/t16-,17+/m0/s1. The van der Waals surface area contributed by atoms with Crippen molar-refractivity contribution in [3.63, 3.8) is 0 Å². The van der Waals surface area contributed by atoms with Gasteiger partial charge in [-0.15, -0.1) is 0 Å². The molecule has 3 aromatic rings. The number of ether oxygens (including phenoxy) is 2. The predicted octanol–water partition coefficient (Wildman–Crippen LogP) is 2.61. The molecule has 1 aromatic heterocycles. The molecule has 12 heteroatoms. The molecule has 0 saturated carbocycles. The van der Waals surface area contributed by atoms with Crippen molar-refractivity contribution in [2.24, 2.45) is 10.3 Å². The van der Waals surface area contributed by atoms with Gasteiger partial charge in [0, 0.05) is 11.6 Å². The molecule has 0 aliphatic carbocycles. The number of halogens is 1. The van der Waals surface area contributed by atoms with Crippen LogP contribution in [0.15, 0.2) is 57.3 Å². The quantitative estimate of drug-likeness (QED) is 0.553. The summed E-state index contributed by atoms with van der Waals surface area (Å²) in [6, 6.07) is 10.1. The second kappa shape index (κ2) is 7.02. The van der Waals surface area contributed by atoms with Gasteiger partial charge in [-0.1, -0.05) is 34.1 Å². The molecule has 6 rings (SSSR count). The lowest BCUT2D eigenvalue weighted by atomic mass is 10.1. The molecule has 4 heterocycles. The van der Waals surface area contributed by atoms with E-state index in [1.54, 1.807) is 36.4 Å². The highest BCUT2D eigenvalue weighted by atomic mass is 35.5. The molecule has 11 nitrogen and oxygen atoms in total. The number of aromatic nitrogens is 2. The van der Waals surface area contributed by atoms with Crippen LogP contribution < -0.4 is 14.4 Å². The van der Waals surface area contributed by atoms with Gasteiger partial charge in [0.25, 0.3) is 11.8 Å². The Morgan fingerprint density at radius 3 is 2.78 bits per heavy atom. The third kappa shape index (κ3) is 2.82. The van der Waals surface area contributed by atoms with Gasteiger partial charge in [0.05, 0.1) is 10.7 Å². The molecule has 32 heavy (non-hydrogen) atoms. The number of rotatable bonds is 4. The Labute approximate surface area is 185 Å². The maximum absolute atomic E-state index is 13.2. The smallest absolute Gasteiger partial charge is 0.263 e. The van der Waals surface area contributed by atoms with Crippen LogP contribution in [0.25, 0.3) is 11.4 Å². The molecule has 0 radical (unpaired) electrons. The molecule has 0 N–H and O–H groups in total. The van der Waals surface area contributed by atoms with E-state index in [0.717, 1.165) is 4.90 Å². The highest BCUT2D eigenvalue weighted by molar-refractivity contribution is 6.33. The summed E-state index contributed by atoms with van der Waals surface area (Å²) in [5.41, 5.74) is 0.999. The van der Waals surface area contributed by atoms with Crippen LogP contribution in [0.1, 0.15) is 5.89 Å². The molecular formula is C20H13ClN6O5. The zero-order valence-electron chi connectivity index (χ0n) is 16.2. The van der Waals surface area contributed by atoms with Crippen molar-refractivity contribution in [2.75, 3.05) is 11.7 Å². The van der Waals surface area contributed by atoms with E-state index in [-0.39, 0.29) is 19.2 Å². The second-order valence-corrected chi connectivity index (χ2v) is 7.64. The van der Waals surface area contributed by atoms with E-state index < -0.39 is 23.9 Å². The van der Waals surface area contributed by atoms with Gasteiger partial charge in [-0.3, -0.25) is 14.6 Å². The summed E-state index contributed by atoms with van der Waals surface area (Å²) in [6.07, 6.45) is 0. The van der Waals surface area contributed by atoms with Crippen molar-refractivity contribution in [3.8, 4) is 22.9 Å². The Kier molecular flexibility index (Phi) is 4.12. The number of anilines is 1. The Hall–Kier alpha value is -3.99. The predicted molar refractivity (Wildman–Crippen MR) is 108 cm³/mol. The summed E-state index contributed by atoms with van der Waals surface area (Å²) in [6.45, 7) is 0.102. The fourth-order valence-corrected chi connectivity index (χ4v) is 4.06. The first-order valence-corrected chi connectivity index (χ1v) is 10.0. The van der Waals surface area contributed by atoms with Gasteiger partial charge < -0.3 is 14.0 Å². The number of fused-ring (bicyclic) bond motifs is 2. The molecule has 3 aliphatic heterocycles. The van der Waals surface area contributed by atoms with E-state index in [9.17, 15) is 9.59 Å². The average Bonchev–Trinajstić information content (AvgIpc) is 3.56. The Balaban J connectivity index is 1.24. The lowest BCUT2D eigenvalue weighted by Gasteiger charge is -2.19. The molecular weight excluding hydrogens is 440 g/mol. The Bertz CT molecular complexity index is 1290. The molecule has 160 valence electrons. The van der Waals surface area contributed by atoms with Gasteiger partial charge in [-0.2, -0.15) is 10.1 Å². The zero-order chi connectivity index (χ0) is 21.8. The number of carbonyl (C=O) groups is 2. The number of nitrogens with zero attached hydrogens (tertiary/aromatic N) is 6. The van der Waals surface area contributed by atoms with E-state index in [2.05, 4.69) is 20.5 Å². The van der Waals surface area contributed by atoms with E-state index in [0.29, 0.717) is 33.6 Å². The number of imide groups is 1. The maximum Gasteiger partial charge on any atom is 0.263 e. The van der Waals surface area contributed by atoms with E-state index in [1.807, 2.05) is 6.07 Å². The van der Waals surface area contributed by atoms with Crippen LogP contribution in [0.3, 0.4) is 0 Å². The number of carbonyl (C=O) groups excluding carboxylic acids is 2. The van der Waals surface area contributed by atoms with Gasteiger partial charge in [0.2, 0.25) is 18.5 Å². The largest absolute Gasteiger partial charge is 0.454 e. The first-order chi connectivity index (χ1) is 15.6. The number of amides is 2. The van der Waals surface area contributed by atoms with E-state index in [4.69, 9.17) is 25.6 Å². The van der Waals surface area contributed by atoms with E-state index >= 15 is 0 Å². The second-order valence-electron chi connectivity index (χ2n) is 7.23. The van der Waals surface area contributed by atoms with Crippen LogP contribution in [0, 0.1) is 0 Å². The summed E-state index contributed by atoms with van der Waals surface area (Å²) < 4.78 is 15.9. The number of hydrogen-bond acceptors (Lipinski definition) is 10. The molecule has 0 bridgehead atoms. The fraction of sp³-hybridized carbons (Fsp3) is 0.200. The van der Waals surface area contributed by atoms with E-state index in [1.165, 1.54) is 5.01 Å². The third-order valence-electron chi connectivity index (χ3n) is 5.35. The van der Waals surface area contributed by atoms with Gasteiger partial charge in [-0.25, -0.2) is 4.90 Å². The highest BCUT2D eigenvalue weighted by Gasteiger charge is 2.55. The minimum absolute atomic E-state index is 0.0100. The molecule has 3 aliphatic rings. The minimum Gasteiger partial charge on any atom is -0.454 e. The highest BCUT2D eigenvalue weighted by Crippen LogP contribution is 2.39. The topological polar surface area (TPSA) is 123 Å². The van der Waals surface area contributed by atoms with Crippen molar-refractivity contribution in [3.05, 3.63) is 53.4 Å². The Morgan fingerprint density at radius 2 is 1.91 bits per heavy atom. The third-order valence-corrected chi connectivity index (χ3v) is 5.68. The normalized spacial score (nSPS) is 21.0. The van der Waals surface area contributed by atoms with Gasteiger partial charge in [0.15, 0.2) is 23.6 Å². The molecule has 0 unspecified atom stereocenters. The first kappa shape index (κ1) is 18.8. The SMILES string of the molecule is O=C1[C@H]2N=NN(Cc3nc(-c4ccccc4Cl)no3)[C@H]2C(=O)N1c1ccc2c(c1)OCO2. The van der Waals surface area contributed by atoms with Crippen molar-refractivity contribution in [2.45, 2.75) is 18.6 Å². The summed E-state index contributed by atoms with van der Waals surface area (Å²) in [4.78, 5) is 31.5. The van der Waals surface area contributed by atoms with Crippen molar-refractivity contribution in [1.82, 2.24) is 15.1 Å².